The molecule has 0 fully saturated rings. The third-order valence-corrected chi connectivity index (χ3v) is 3.65. The number of ether oxygens (including phenoxy) is 2. The molecule has 132 valence electrons. The van der Waals surface area contributed by atoms with Crippen LogP contribution < -0.4 is 4.74 Å². The van der Waals surface area contributed by atoms with E-state index in [2.05, 4.69) is 4.98 Å². The molecule has 0 saturated heterocycles. The molecule has 0 aliphatic carbocycles. The van der Waals surface area contributed by atoms with E-state index in [1.807, 2.05) is 44.2 Å². The fourth-order valence-corrected chi connectivity index (χ4v) is 2.25. The van der Waals surface area contributed by atoms with Gasteiger partial charge in [-0.05, 0) is 25.5 Å². The Kier molecular flexibility index (Phi) is 6.51. The molecular formula is C19H22N2O4. The standard InChI is InChI=1S/C19H22N2O4/c1-14(2)21(12-15-7-5-4-6-8-15)18(22)13-25-19(23)16-9-10-17(24-3)20-11-16/h4-11,14H,12-13H2,1-3H3. The number of hydrogen-bond acceptors (Lipinski definition) is 5. The maximum atomic E-state index is 12.4. The number of pyridine rings is 1. The number of aromatic nitrogens is 1. The second-order valence-corrected chi connectivity index (χ2v) is 5.77. The zero-order valence-electron chi connectivity index (χ0n) is 14.6. The molecule has 6 heteroatoms. The van der Waals surface area contributed by atoms with E-state index in [0.717, 1.165) is 5.56 Å². The first kappa shape index (κ1) is 18.4. The minimum Gasteiger partial charge on any atom is -0.481 e. The molecule has 1 heterocycles. The Morgan fingerprint density at radius 1 is 1.12 bits per heavy atom. The Hall–Kier alpha value is -2.89. The van der Waals surface area contributed by atoms with Crippen molar-refractivity contribution >= 4 is 11.9 Å². The van der Waals surface area contributed by atoms with Crippen LogP contribution in [0.2, 0.25) is 0 Å². The molecule has 6 nitrogen and oxygen atoms in total. The van der Waals surface area contributed by atoms with Gasteiger partial charge in [0.25, 0.3) is 5.91 Å². The zero-order valence-corrected chi connectivity index (χ0v) is 14.6. The SMILES string of the molecule is COc1ccc(C(=O)OCC(=O)N(Cc2ccccc2)C(C)C)cn1. The first-order chi connectivity index (χ1) is 12.0. The van der Waals surface area contributed by atoms with Crippen molar-refractivity contribution < 1.29 is 19.1 Å². The van der Waals surface area contributed by atoms with Gasteiger partial charge in [-0.25, -0.2) is 9.78 Å². The average Bonchev–Trinajstić information content (AvgIpc) is 2.64. The Morgan fingerprint density at radius 3 is 2.40 bits per heavy atom. The van der Waals surface area contributed by atoms with Crippen molar-refractivity contribution in [3.63, 3.8) is 0 Å². The van der Waals surface area contributed by atoms with E-state index in [-0.39, 0.29) is 24.1 Å². The van der Waals surface area contributed by atoms with Crippen molar-refractivity contribution in [2.45, 2.75) is 26.4 Å². The summed E-state index contributed by atoms with van der Waals surface area (Å²) in [6, 6.07) is 12.8. The summed E-state index contributed by atoms with van der Waals surface area (Å²) < 4.78 is 10.1. The van der Waals surface area contributed by atoms with Crippen molar-refractivity contribution in [2.24, 2.45) is 0 Å². The Labute approximate surface area is 147 Å². The van der Waals surface area contributed by atoms with Crippen LogP contribution in [-0.4, -0.2) is 41.5 Å². The number of carbonyl (C=O) groups is 2. The van der Waals surface area contributed by atoms with Gasteiger partial charge in [-0.3, -0.25) is 4.79 Å². The second-order valence-electron chi connectivity index (χ2n) is 5.77. The molecule has 1 aromatic heterocycles. The quantitative estimate of drug-likeness (QED) is 0.724. The van der Waals surface area contributed by atoms with Crippen LogP contribution in [0.3, 0.4) is 0 Å². The highest BCUT2D eigenvalue weighted by molar-refractivity contribution is 5.91. The van der Waals surface area contributed by atoms with Gasteiger partial charge in [0.1, 0.15) is 0 Å². The monoisotopic (exact) mass is 342 g/mol. The van der Waals surface area contributed by atoms with Gasteiger partial charge in [0.15, 0.2) is 6.61 Å². The van der Waals surface area contributed by atoms with E-state index in [1.165, 1.54) is 13.3 Å². The molecule has 0 bridgehead atoms. The zero-order chi connectivity index (χ0) is 18.2. The first-order valence-corrected chi connectivity index (χ1v) is 8.02. The van der Waals surface area contributed by atoms with Gasteiger partial charge in [0.05, 0.1) is 12.7 Å². The Bertz CT molecular complexity index is 699. The molecule has 25 heavy (non-hydrogen) atoms. The summed E-state index contributed by atoms with van der Waals surface area (Å²) >= 11 is 0. The smallest absolute Gasteiger partial charge is 0.340 e. The molecule has 1 amide bonds. The molecule has 2 rings (SSSR count). The number of esters is 1. The van der Waals surface area contributed by atoms with Crippen LogP contribution in [0.4, 0.5) is 0 Å². The lowest BCUT2D eigenvalue weighted by atomic mass is 10.2. The number of amides is 1. The van der Waals surface area contributed by atoms with Crippen molar-refractivity contribution in [1.82, 2.24) is 9.88 Å². The summed E-state index contributed by atoms with van der Waals surface area (Å²) in [6.45, 7) is 4.01. The summed E-state index contributed by atoms with van der Waals surface area (Å²) in [7, 11) is 1.49. The fraction of sp³-hybridized carbons (Fsp3) is 0.316. The third kappa shape index (κ3) is 5.31. The van der Waals surface area contributed by atoms with Gasteiger partial charge in [0, 0.05) is 24.8 Å². The van der Waals surface area contributed by atoms with E-state index >= 15 is 0 Å². The summed E-state index contributed by atoms with van der Waals surface area (Å²) in [4.78, 5) is 30.1. The maximum absolute atomic E-state index is 12.4. The number of carbonyl (C=O) groups excluding carboxylic acids is 2. The number of benzene rings is 1. The number of rotatable bonds is 7. The Balaban J connectivity index is 1.94. The van der Waals surface area contributed by atoms with Crippen molar-refractivity contribution in [1.29, 1.82) is 0 Å². The van der Waals surface area contributed by atoms with Crippen LogP contribution in [-0.2, 0) is 16.1 Å². The summed E-state index contributed by atoms with van der Waals surface area (Å²) in [5, 5.41) is 0. The van der Waals surface area contributed by atoms with Crippen molar-refractivity contribution in [2.75, 3.05) is 13.7 Å². The molecule has 0 aliphatic rings. The Morgan fingerprint density at radius 2 is 1.84 bits per heavy atom. The van der Waals surface area contributed by atoms with Crippen molar-refractivity contribution in [3.8, 4) is 5.88 Å². The molecule has 0 N–H and O–H groups in total. The molecule has 2 aromatic rings. The van der Waals surface area contributed by atoms with Gasteiger partial charge < -0.3 is 14.4 Å². The molecule has 0 saturated carbocycles. The molecule has 0 aliphatic heterocycles. The summed E-state index contributed by atoms with van der Waals surface area (Å²) in [6.07, 6.45) is 1.36. The fourth-order valence-electron chi connectivity index (χ4n) is 2.25. The van der Waals surface area contributed by atoms with Gasteiger partial charge >= 0.3 is 5.97 Å². The highest BCUT2D eigenvalue weighted by Crippen LogP contribution is 2.10. The lowest BCUT2D eigenvalue weighted by Gasteiger charge is -2.26. The van der Waals surface area contributed by atoms with Gasteiger partial charge in [0.2, 0.25) is 5.88 Å². The average molecular weight is 342 g/mol. The van der Waals surface area contributed by atoms with Crippen LogP contribution in [0.5, 0.6) is 5.88 Å². The van der Waals surface area contributed by atoms with Gasteiger partial charge in [-0.1, -0.05) is 30.3 Å². The van der Waals surface area contributed by atoms with E-state index in [4.69, 9.17) is 9.47 Å². The minimum atomic E-state index is -0.591. The highest BCUT2D eigenvalue weighted by Gasteiger charge is 2.19. The third-order valence-electron chi connectivity index (χ3n) is 3.65. The highest BCUT2D eigenvalue weighted by atomic mass is 16.5. The van der Waals surface area contributed by atoms with Crippen LogP contribution in [0.15, 0.2) is 48.7 Å². The normalized spacial score (nSPS) is 10.4. The first-order valence-electron chi connectivity index (χ1n) is 8.02. The van der Waals surface area contributed by atoms with Crippen LogP contribution in [0.25, 0.3) is 0 Å². The molecule has 0 radical (unpaired) electrons. The van der Waals surface area contributed by atoms with Crippen LogP contribution >= 0.6 is 0 Å². The van der Waals surface area contributed by atoms with Crippen molar-refractivity contribution in [3.05, 3.63) is 59.8 Å². The lowest BCUT2D eigenvalue weighted by Crippen LogP contribution is -2.39. The van der Waals surface area contributed by atoms with E-state index in [9.17, 15) is 9.59 Å². The number of methoxy groups -OCH3 is 1. The maximum Gasteiger partial charge on any atom is 0.340 e. The van der Waals surface area contributed by atoms with Crippen LogP contribution in [0.1, 0.15) is 29.8 Å². The molecule has 1 aromatic carbocycles. The molecule has 0 unspecified atom stereocenters. The predicted octanol–water partition coefficient (Wildman–Crippen LogP) is 2.68. The summed E-state index contributed by atoms with van der Waals surface area (Å²) in [5.74, 6) is -0.429. The molecular weight excluding hydrogens is 320 g/mol. The predicted molar refractivity (Wildman–Crippen MR) is 93.2 cm³/mol. The van der Waals surface area contributed by atoms with E-state index in [1.54, 1.807) is 17.0 Å². The minimum absolute atomic E-state index is 0.00550. The van der Waals surface area contributed by atoms with Crippen LogP contribution in [0, 0.1) is 0 Å². The van der Waals surface area contributed by atoms with Gasteiger partial charge in [-0.2, -0.15) is 0 Å². The lowest BCUT2D eigenvalue weighted by molar-refractivity contribution is -0.136. The molecule has 0 spiro atoms. The van der Waals surface area contributed by atoms with E-state index in [0.29, 0.717) is 12.4 Å². The second kappa shape index (κ2) is 8.82. The van der Waals surface area contributed by atoms with Gasteiger partial charge in [-0.15, -0.1) is 0 Å². The molecule has 0 atom stereocenters. The number of hydrogen-bond donors (Lipinski definition) is 0. The topological polar surface area (TPSA) is 68.7 Å². The number of nitrogens with zero attached hydrogens (tertiary/aromatic N) is 2. The largest absolute Gasteiger partial charge is 0.481 e. The van der Waals surface area contributed by atoms with E-state index < -0.39 is 5.97 Å². The summed E-state index contributed by atoms with van der Waals surface area (Å²) in [5.41, 5.74) is 1.29.